The average Bonchev–Trinajstić information content (AvgIpc) is 3.40. The highest BCUT2D eigenvalue weighted by atomic mass is 16.6. The number of nitrogens with zero attached hydrogens (tertiary/aromatic N) is 2. The number of amides is 1. The Labute approximate surface area is 183 Å². The van der Waals surface area contributed by atoms with Gasteiger partial charge in [0.2, 0.25) is 5.76 Å². The zero-order valence-electron chi connectivity index (χ0n) is 18.2. The van der Waals surface area contributed by atoms with Crippen molar-refractivity contribution in [2.45, 2.75) is 45.8 Å². The first kappa shape index (κ1) is 21.4. The molecule has 3 N–H and O–H groups in total. The summed E-state index contributed by atoms with van der Waals surface area (Å²) in [4.78, 5) is 46.1. The highest BCUT2D eigenvalue weighted by molar-refractivity contribution is 5.96. The number of benzene rings is 1. The van der Waals surface area contributed by atoms with Crippen LogP contribution in [-0.4, -0.2) is 37.8 Å². The lowest BCUT2D eigenvalue weighted by Gasteiger charge is -2.19. The van der Waals surface area contributed by atoms with E-state index in [1.165, 1.54) is 4.57 Å². The number of H-pyrrole nitrogens is 2. The molecule has 0 aliphatic carbocycles. The maximum Gasteiger partial charge on any atom is 0.407 e. The summed E-state index contributed by atoms with van der Waals surface area (Å²) in [7, 11) is 0. The number of nitrogens with one attached hydrogen (secondary N) is 3. The number of aromatic nitrogens is 4. The number of rotatable bonds is 7. The fourth-order valence-electron chi connectivity index (χ4n) is 3.27. The van der Waals surface area contributed by atoms with Crippen LogP contribution in [-0.2, 0) is 16.0 Å². The molecule has 2 aromatic heterocycles. The van der Waals surface area contributed by atoms with Crippen LogP contribution in [0.15, 0.2) is 39.9 Å². The molecule has 3 heterocycles. The molecule has 4 rings (SSSR count). The second-order valence-electron chi connectivity index (χ2n) is 8.46. The fourth-order valence-corrected chi connectivity index (χ4v) is 3.27. The van der Waals surface area contributed by atoms with Gasteiger partial charge in [-0.25, -0.2) is 14.6 Å². The number of unbranched alkanes of at least 4 members (excludes halogenated alkanes) is 1. The van der Waals surface area contributed by atoms with Crippen LogP contribution in [0.3, 0.4) is 0 Å². The van der Waals surface area contributed by atoms with E-state index in [9.17, 15) is 14.4 Å². The summed E-state index contributed by atoms with van der Waals surface area (Å²) in [6, 6.07) is 9.55. The predicted octanol–water partition coefficient (Wildman–Crippen LogP) is 2.57. The summed E-state index contributed by atoms with van der Waals surface area (Å²) in [5.41, 5.74) is -0.237. The summed E-state index contributed by atoms with van der Waals surface area (Å²) in [5.74, 6) is 1.63. The Morgan fingerprint density at radius 1 is 1.12 bits per heavy atom. The molecule has 0 spiro atoms. The number of aromatic amines is 2. The maximum atomic E-state index is 12.4. The summed E-state index contributed by atoms with van der Waals surface area (Å²) in [6.45, 7) is 6.12. The fraction of sp³-hybridized carbons (Fsp3) is 0.364. The van der Waals surface area contributed by atoms with Gasteiger partial charge >= 0.3 is 11.8 Å². The molecular weight excluding hydrogens is 414 g/mol. The van der Waals surface area contributed by atoms with Crippen LogP contribution in [0.2, 0.25) is 0 Å². The minimum atomic E-state index is -0.558. The number of alkyl carbamates (subject to hydrolysis) is 1. The average molecular weight is 439 g/mol. The molecule has 0 unspecified atom stereocenters. The van der Waals surface area contributed by atoms with Crippen molar-refractivity contribution < 1.29 is 14.3 Å². The Morgan fingerprint density at radius 3 is 2.59 bits per heavy atom. The van der Waals surface area contributed by atoms with E-state index in [2.05, 4.69) is 20.3 Å². The topological polar surface area (TPSA) is 134 Å². The van der Waals surface area contributed by atoms with E-state index in [1.807, 2.05) is 30.3 Å². The highest BCUT2D eigenvalue weighted by Gasteiger charge is 2.32. The zero-order chi connectivity index (χ0) is 22.9. The van der Waals surface area contributed by atoms with E-state index in [1.54, 1.807) is 20.8 Å². The molecular formula is C22H25N5O5. The first-order valence-electron chi connectivity index (χ1n) is 10.4. The smallest absolute Gasteiger partial charge is 0.407 e. The van der Waals surface area contributed by atoms with Crippen molar-refractivity contribution in [3.05, 3.63) is 62.6 Å². The minimum absolute atomic E-state index is 0.210. The van der Waals surface area contributed by atoms with E-state index in [-0.39, 0.29) is 11.2 Å². The van der Waals surface area contributed by atoms with Crippen LogP contribution >= 0.6 is 0 Å². The molecule has 32 heavy (non-hydrogen) atoms. The Kier molecular flexibility index (Phi) is 5.60. The molecule has 10 heteroatoms. The van der Waals surface area contributed by atoms with Gasteiger partial charge in [0.15, 0.2) is 17.2 Å². The van der Waals surface area contributed by atoms with Crippen molar-refractivity contribution in [2.75, 3.05) is 6.54 Å². The second kappa shape index (κ2) is 8.37. The van der Waals surface area contributed by atoms with Gasteiger partial charge in [-0.05, 0) is 33.6 Å². The Balaban J connectivity index is 1.46. The zero-order valence-corrected chi connectivity index (χ0v) is 18.2. The van der Waals surface area contributed by atoms with Crippen LogP contribution < -0.4 is 16.6 Å². The van der Waals surface area contributed by atoms with Crippen LogP contribution in [0.1, 0.15) is 45.0 Å². The van der Waals surface area contributed by atoms with Crippen molar-refractivity contribution in [1.82, 2.24) is 24.8 Å². The molecule has 1 amide bonds. The van der Waals surface area contributed by atoms with E-state index >= 15 is 0 Å². The number of hydrogen-bond acceptors (Lipinski definition) is 6. The van der Waals surface area contributed by atoms with Crippen molar-refractivity contribution in [3.63, 3.8) is 0 Å². The van der Waals surface area contributed by atoms with Crippen LogP contribution in [0.4, 0.5) is 4.79 Å². The predicted molar refractivity (Wildman–Crippen MR) is 119 cm³/mol. The third-order valence-electron chi connectivity index (χ3n) is 4.73. The maximum absolute atomic E-state index is 12.4. The Hall–Kier alpha value is -3.82. The van der Waals surface area contributed by atoms with Crippen LogP contribution in [0, 0.1) is 0 Å². The first-order chi connectivity index (χ1) is 15.2. The summed E-state index contributed by atoms with van der Waals surface area (Å²) < 4.78 is 12.2. The molecule has 0 radical (unpaired) electrons. The third kappa shape index (κ3) is 4.74. The lowest BCUT2D eigenvalue weighted by Crippen LogP contribution is -2.33. The molecule has 0 atom stereocenters. The van der Waals surface area contributed by atoms with E-state index in [4.69, 9.17) is 9.47 Å². The molecule has 0 saturated heterocycles. The lowest BCUT2D eigenvalue weighted by atomic mass is 10.2. The van der Waals surface area contributed by atoms with Gasteiger partial charge in [0.05, 0.1) is 0 Å². The van der Waals surface area contributed by atoms with Gasteiger partial charge in [-0.1, -0.05) is 30.3 Å². The Bertz CT molecular complexity index is 1290. The molecule has 3 aromatic rings. The molecule has 0 saturated carbocycles. The van der Waals surface area contributed by atoms with Crippen LogP contribution in [0.25, 0.3) is 22.7 Å². The number of imidazole rings is 1. The summed E-state index contributed by atoms with van der Waals surface area (Å²) >= 11 is 0. The van der Waals surface area contributed by atoms with Gasteiger partial charge in [0.25, 0.3) is 5.56 Å². The van der Waals surface area contributed by atoms with Crippen molar-refractivity contribution in [2.24, 2.45) is 0 Å². The van der Waals surface area contributed by atoms with Gasteiger partial charge in [0.1, 0.15) is 11.1 Å². The highest BCUT2D eigenvalue weighted by Crippen LogP contribution is 2.42. The summed E-state index contributed by atoms with van der Waals surface area (Å²) in [6.07, 6.45) is 0.730. The van der Waals surface area contributed by atoms with Gasteiger partial charge in [-0.3, -0.25) is 14.3 Å². The first-order valence-corrected chi connectivity index (χ1v) is 10.4. The number of fused-ring (bicyclic) bond motifs is 1. The molecule has 10 nitrogen and oxygen atoms in total. The molecule has 1 aliphatic heterocycles. The van der Waals surface area contributed by atoms with Crippen molar-refractivity contribution >= 4 is 28.8 Å². The van der Waals surface area contributed by atoms with Crippen molar-refractivity contribution in [3.8, 4) is 0 Å². The van der Waals surface area contributed by atoms with E-state index < -0.39 is 22.9 Å². The lowest BCUT2D eigenvalue weighted by molar-refractivity contribution is 0.0527. The number of aryl methyl sites for hydroxylation is 1. The second-order valence-corrected chi connectivity index (χ2v) is 8.46. The largest absolute Gasteiger partial charge is 0.445 e. The molecule has 0 fully saturated rings. The minimum Gasteiger partial charge on any atom is -0.445 e. The normalized spacial score (nSPS) is 13.2. The molecule has 1 aliphatic rings. The molecule has 0 bridgehead atoms. The van der Waals surface area contributed by atoms with E-state index in [0.717, 1.165) is 5.56 Å². The molecule has 168 valence electrons. The molecule has 1 aromatic carbocycles. The number of ether oxygens (including phenoxy) is 2. The summed E-state index contributed by atoms with van der Waals surface area (Å²) in [5, 5.41) is 2.68. The van der Waals surface area contributed by atoms with Gasteiger partial charge in [0, 0.05) is 18.7 Å². The number of hydrogen-bond donors (Lipinski definition) is 3. The van der Waals surface area contributed by atoms with Gasteiger partial charge in [-0.2, -0.15) is 0 Å². The van der Waals surface area contributed by atoms with Crippen LogP contribution in [0.5, 0.6) is 0 Å². The third-order valence-corrected chi connectivity index (χ3v) is 4.73. The standard InChI is InChI=1S/C22H25N5O5/c1-22(2,3)32-21(30)23-11-7-8-12-27-18-14(19(28)26-20(27)29)24-17(25-18)16-15(31-16)13-9-5-4-6-10-13/h4-6,9-10H,7-8,11-12H2,1-3H3,(H,23,30)(H,24,25)(H,26,28,29). The van der Waals surface area contributed by atoms with Gasteiger partial charge in [-0.15, -0.1) is 0 Å². The van der Waals surface area contributed by atoms with E-state index in [0.29, 0.717) is 43.3 Å². The Morgan fingerprint density at radius 2 is 1.88 bits per heavy atom. The monoisotopic (exact) mass is 439 g/mol. The SMILES string of the molecule is CC(C)(C)OC(=O)NCCCCn1c(=O)[nH]c(=O)c2[nH]c(C3=C(c4ccccc4)O3)nc21. The van der Waals surface area contributed by atoms with Gasteiger partial charge < -0.3 is 19.8 Å². The number of carbonyl (C=O) groups excluding carboxylic acids is 1. The van der Waals surface area contributed by atoms with Crippen molar-refractivity contribution in [1.29, 1.82) is 0 Å². The quantitative estimate of drug-likeness (QED) is 0.485. The number of carbonyl (C=O) groups is 1.